The molecular formula is C19H32O5. The standard InChI is InChI=1S/C19H32O5/c1-7-8-9-10-11-18(6)15(22-17(4,5)24-18)14-12-19(21,13(2)3)23-16(14)20/h12-13,15,21H,7-11H2,1-6H3/t15-,18+,19?/m1/s1. The van der Waals surface area contributed by atoms with Gasteiger partial charge in [-0.2, -0.15) is 0 Å². The lowest BCUT2D eigenvalue weighted by Crippen LogP contribution is -2.39. The molecule has 2 rings (SSSR count). The van der Waals surface area contributed by atoms with E-state index in [1.165, 1.54) is 18.9 Å². The molecule has 0 bridgehead atoms. The Hall–Kier alpha value is -0.910. The number of unbranched alkanes of at least 4 members (excludes halogenated alkanes) is 3. The summed E-state index contributed by atoms with van der Waals surface area (Å²) >= 11 is 0. The highest BCUT2D eigenvalue weighted by Crippen LogP contribution is 2.45. The largest absolute Gasteiger partial charge is 0.426 e. The van der Waals surface area contributed by atoms with Gasteiger partial charge in [0.05, 0.1) is 11.2 Å². The predicted molar refractivity (Wildman–Crippen MR) is 91.2 cm³/mol. The normalized spacial score (nSPS) is 35.4. The lowest BCUT2D eigenvalue weighted by molar-refractivity contribution is -0.192. The zero-order valence-corrected chi connectivity index (χ0v) is 15.8. The lowest BCUT2D eigenvalue weighted by atomic mass is 9.87. The first-order valence-corrected chi connectivity index (χ1v) is 9.09. The summed E-state index contributed by atoms with van der Waals surface area (Å²) in [4.78, 5) is 12.4. The van der Waals surface area contributed by atoms with Crippen LogP contribution >= 0.6 is 0 Å². The number of carbonyl (C=O) groups is 1. The number of hydrogen-bond donors (Lipinski definition) is 1. The number of ether oxygens (including phenoxy) is 3. The molecule has 3 atom stereocenters. The topological polar surface area (TPSA) is 65.0 Å². The van der Waals surface area contributed by atoms with Crippen LogP contribution in [0.2, 0.25) is 0 Å². The van der Waals surface area contributed by atoms with E-state index in [1.54, 1.807) is 0 Å². The Morgan fingerprint density at radius 1 is 1.21 bits per heavy atom. The predicted octanol–water partition coefficient (Wildman–Crippen LogP) is 3.69. The summed E-state index contributed by atoms with van der Waals surface area (Å²) in [6.07, 6.45) is 6.27. The van der Waals surface area contributed by atoms with Crippen molar-refractivity contribution in [3.8, 4) is 0 Å². The summed E-state index contributed by atoms with van der Waals surface area (Å²) in [6.45, 7) is 11.5. The van der Waals surface area contributed by atoms with Gasteiger partial charge < -0.3 is 19.3 Å². The maximum Gasteiger partial charge on any atom is 0.339 e. The SMILES string of the molecule is CCCCCC[C@]1(C)OC(C)(C)O[C@@H]1C1=CC(O)(C(C)C)OC1=O. The van der Waals surface area contributed by atoms with Gasteiger partial charge >= 0.3 is 5.97 Å². The van der Waals surface area contributed by atoms with Crippen molar-refractivity contribution in [3.63, 3.8) is 0 Å². The van der Waals surface area contributed by atoms with Crippen molar-refractivity contribution in [1.29, 1.82) is 0 Å². The van der Waals surface area contributed by atoms with E-state index in [2.05, 4.69) is 6.92 Å². The Morgan fingerprint density at radius 2 is 1.88 bits per heavy atom. The molecule has 24 heavy (non-hydrogen) atoms. The summed E-state index contributed by atoms with van der Waals surface area (Å²) in [5.41, 5.74) is -0.237. The maximum absolute atomic E-state index is 12.4. The molecule has 0 amide bonds. The van der Waals surface area contributed by atoms with Crippen molar-refractivity contribution in [2.45, 2.75) is 96.9 Å². The fraction of sp³-hybridized carbons (Fsp3) is 0.842. The second-order valence-corrected chi connectivity index (χ2v) is 8.02. The van der Waals surface area contributed by atoms with Crippen LogP contribution in [0, 0.1) is 5.92 Å². The summed E-state index contributed by atoms with van der Waals surface area (Å²) in [6, 6.07) is 0. The highest BCUT2D eigenvalue weighted by atomic mass is 16.8. The van der Waals surface area contributed by atoms with Gasteiger partial charge in [-0.15, -0.1) is 0 Å². The average molecular weight is 340 g/mol. The van der Waals surface area contributed by atoms with E-state index >= 15 is 0 Å². The van der Waals surface area contributed by atoms with Crippen LogP contribution in [0.4, 0.5) is 0 Å². The molecule has 0 saturated carbocycles. The first kappa shape index (κ1) is 19.4. The molecule has 0 aromatic carbocycles. The molecule has 138 valence electrons. The van der Waals surface area contributed by atoms with Crippen LogP contribution in [0.3, 0.4) is 0 Å². The molecule has 1 saturated heterocycles. The van der Waals surface area contributed by atoms with Crippen LogP contribution in [0.1, 0.15) is 73.6 Å². The lowest BCUT2D eigenvalue weighted by Gasteiger charge is -2.29. The van der Waals surface area contributed by atoms with Crippen LogP contribution in [-0.4, -0.2) is 34.4 Å². The summed E-state index contributed by atoms with van der Waals surface area (Å²) in [7, 11) is 0. The Labute approximate surface area is 145 Å². The van der Waals surface area contributed by atoms with Gasteiger partial charge in [0.15, 0.2) is 5.79 Å². The Morgan fingerprint density at radius 3 is 2.42 bits per heavy atom. The van der Waals surface area contributed by atoms with Gasteiger partial charge in [-0.25, -0.2) is 4.79 Å². The van der Waals surface area contributed by atoms with Gasteiger partial charge in [-0.05, 0) is 27.2 Å². The minimum Gasteiger partial charge on any atom is -0.426 e. The van der Waals surface area contributed by atoms with Gasteiger partial charge in [-0.1, -0.05) is 46.5 Å². The second-order valence-electron chi connectivity index (χ2n) is 8.02. The first-order chi connectivity index (χ1) is 11.0. The number of cyclic esters (lactones) is 1. The first-order valence-electron chi connectivity index (χ1n) is 9.09. The van der Waals surface area contributed by atoms with Gasteiger partial charge in [-0.3, -0.25) is 0 Å². The molecule has 2 aliphatic rings. The number of rotatable bonds is 7. The Balaban J connectivity index is 2.23. The summed E-state index contributed by atoms with van der Waals surface area (Å²) in [5.74, 6) is -3.09. The van der Waals surface area contributed by atoms with Crippen LogP contribution in [-0.2, 0) is 19.0 Å². The van der Waals surface area contributed by atoms with E-state index in [-0.39, 0.29) is 5.92 Å². The average Bonchev–Trinajstić information content (AvgIpc) is 2.89. The van der Waals surface area contributed by atoms with E-state index in [1.807, 2.05) is 34.6 Å². The van der Waals surface area contributed by atoms with Crippen molar-refractivity contribution in [1.82, 2.24) is 0 Å². The smallest absolute Gasteiger partial charge is 0.339 e. The van der Waals surface area contributed by atoms with Crippen LogP contribution in [0.5, 0.6) is 0 Å². The van der Waals surface area contributed by atoms with E-state index in [0.717, 1.165) is 19.3 Å². The molecule has 0 aromatic rings. The number of hydrogen-bond acceptors (Lipinski definition) is 5. The highest BCUT2D eigenvalue weighted by molar-refractivity contribution is 5.92. The van der Waals surface area contributed by atoms with Crippen molar-refractivity contribution in [2.75, 3.05) is 0 Å². The minimum atomic E-state index is -1.56. The quantitative estimate of drug-likeness (QED) is 0.565. The van der Waals surface area contributed by atoms with Gasteiger partial charge in [0.2, 0.25) is 5.79 Å². The summed E-state index contributed by atoms with van der Waals surface area (Å²) in [5, 5.41) is 10.5. The van der Waals surface area contributed by atoms with Crippen LogP contribution in [0.15, 0.2) is 11.6 Å². The number of aliphatic hydroxyl groups is 1. The molecule has 5 nitrogen and oxygen atoms in total. The third-order valence-electron chi connectivity index (χ3n) is 4.93. The van der Waals surface area contributed by atoms with E-state index < -0.39 is 29.2 Å². The Bertz CT molecular complexity index is 510. The fourth-order valence-corrected chi connectivity index (χ4v) is 3.51. The van der Waals surface area contributed by atoms with Crippen molar-refractivity contribution in [3.05, 3.63) is 11.6 Å². The zero-order chi connectivity index (χ0) is 18.2. The van der Waals surface area contributed by atoms with Crippen molar-refractivity contribution in [2.24, 2.45) is 5.92 Å². The van der Waals surface area contributed by atoms with Crippen molar-refractivity contribution >= 4 is 5.97 Å². The van der Waals surface area contributed by atoms with Crippen molar-refractivity contribution < 1.29 is 24.1 Å². The Kier molecular flexibility index (Phi) is 5.48. The van der Waals surface area contributed by atoms with E-state index in [9.17, 15) is 9.90 Å². The zero-order valence-electron chi connectivity index (χ0n) is 15.8. The second kappa shape index (κ2) is 6.77. The van der Waals surface area contributed by atoms with Gasteiger partial charge in [0, 0.05) is 12.0 Å². The van der Waals surface area contributed by atoms with Crippen LogP contribution in [0.25, 0.3) is 0 Å². The van der Waals surface area contributed by atoms with Gasteiger partial charge in [0.25, 0.3) is 0 Å². The molecule has 2 heterocycles. The molecule has 0 aliphatic carbocycles. The molecule has 5 heteroatoms. The fourth-order valence-electron chi connectivity index (χ4n) is 3.51. The third-order valence-corrected chi connectivity index (χ3v) is 4.93. The molecule has 1 fully saturated rings. The highest BCUT2D eigenvalue weighted by Gasteiger charge is 2.56. The van der Waals surface area contributed by atoms with Crippen LogP contribution < -0.4 is 0 Å². The van der Waals surface area contributed by atoms with Gasteiger partial charge in [0.1, 0.15) is 6.10 Å². The number of esters is 1. The molecule has 1 unspecified atom stereocenters. The molecular weight excluding hydrogens is 308 g/mol. The molecule has 0 aromatic heterocycles. The molecule has 0 radical (unpaired) electrons. The molecule has 1 N–H and O–H groups in total. The molecule has 0 spiro atoms. The number of carbonyl (C=O) groups excluding carboxylic acids is 1. The maximum atomic E-state index is 12.4. The third kappa shape index (κ3) is 3.84. The van der Waals surface area contributed by atoms with E-state index in [0.29, 0.717) is 5.57 Å². The minimum absolute atomic E-state index is 0.231. The van der Waals surface area contributed by atoms with E-state index in [4.69, 9.17) is 14.2 Å². The molecule has 2 aliphatic heterocycles. The summed E-state index contributed by atoms with van der Waals surface area (Å²) < 4.78 is 17.4. The monoisotopic (exact) mass is 340 g/mol.